The van der Waals surface area contributed by atoms with Crippen molar-refractivity contribution in [2.45, 2.75) is 18.3 Å². The average Bonchev–Trinajstić information content (AvgIpc) is 3.71. The minimum Gasteiger partial charge on any atom is -0.355 e. The SMILES string of the molecule is C1=C(Nc2ccc(-n3c4ccccc4c4ccccc43)cc2)C2=C(CC1)C1(c3ccccc32)c2ccccc2-c2ccccc21. The summed E-state index contributed by atoms with van der Waals surface area (Å²) in [6.07, 6.45) is 4.47. The molecule has 3 aliphatic rings. The highest BCUT2D eigenvalue weighted by Crippen LogP contribution is 2.64. The van der Waals surface area contributed by atoms with Gasteiger partial charge in [0.25, 0.3) is 0 Å². The molecule has 2 nitrogen and oxygen atoms in total. The first-order chi connectivity index (χ1) is 22.3. The highest BCUT2D eigenvalue weighted by molar-refractivity contribution is 6.09. The summed E-state index contributed by atoms with van der Waals surface area (Å²) in [5.74, 6) is 0. The molecular weight excluding hydrogens is 544 g/mol. The normalized spacial score (nSPS) is 15.6. The number of para-hydroxylation sites is 2. The lowest BCUT2D eigenvalue weighted by molar-refractivity contribution is 0.712. The van der Waals surface area contributed by atoms with E-state index >= 15 is 0 Å². The van der Waals surface area contributed by atoms with Crippen molar-refractivity contribution in [3.63, 3.8) is 0 Å². The molecule has 0 saturated carbocycles. The van der Waals surface area contributed by atoms with Crippen LogP contribution in [0.5, 0.6) is 0 Å². The Bertz CT molecular complexity index is 2300. The molecule has 1 N–H and O–H groups in total. The summed E-state index contributed by atoms with van der Waals surface area (Å²) >= 11 is 0. The van der Waals surface area contributed by atoms with Crippen molar-refractivity contribution in [2.24, 2.45) is 0 Å². The van der Waals surface area contributed by atoms with Crippen LogP contribution < -0.4 is 5.32 Å². The minimum atomic E-state index is -0.249. The minimum absolute atomic E-state index is 0.249. The van der Waals surface area contributed by atoms with E-state index in [0.29, 0.717) is 0 Å². The number of hydrogen-bond acceptors (Lipinski definition) is 1. The highest BCUT2D eigenvalue weighted by Gasteiger charge is 2.53. The Hall–Kier alpha value is -5.60. The van der Waals surface area contributed by atoms with Crippen molar-refractivity contribution in [3.8, 4) is 16.8 Å². The van der Waals surface area contributed by atoms with Crippen molar-refractivity contribution < 1.29 is 0 Å². The summed E-state index contributed by atoms with van der Waals surface area (Å²) in [6, 6.07) is 53.6. The topological polar surface area (TPSA) is 17.0 Å². The molecule has 0 unspecified atom stereocenters. The maximum absolute atomic E-state index is 3.89. The first kappa shape index (κ1) is 24.8. The lowest BCUT2D eigenvalue weighted by atomic mass is 9.68. The van der Waals surface area contributed by atoms with E-state index in [-0.39, 0.29) is 5.41 Å². The Labute approximate surface area is 262 Å². The number of fused-ring (bicyclic) bond motifs is 12. The number of nitrogens with one attached hydrogen (secondary N) is 1. The molecule has 45 heavy (non-hydrogen) atoms. The Kier molecular flexibility index (Phi) is 5.07. The van der Waals surface area contributed by atoms with Gasteiger partial charge in [-0.25, -0.2) is 0 Å². The van der Waals surface area contributed by atoms with E-state index in [2.05, 4.69) is 162 Å². The molecule has 1 spiro atoms. The van der Waals surface area contributed by atoms with Crippen LogP contribution in [-0.4, -0.2) is 4.57 Å². The third-order valence-electron chi connectivity index (χ3n) is 10.3. The third kappa shape index (κ3) is 3.24. The predicted octanol–water partition coefficient (Wildman–Crippen LogP) is 10.7. The molecule has 0 aliphatic heterocycles. The van der Waals surface area contributed by atoms with Crippen LogP contribution in [0.15, 0.2) is 163 Å². The van der Waals surface area contributed by atoms with Crippen molar-refractivity contribution >= 4 is 33.1 Å². The van der Waals surface area contributed by atoms with Gasteiger partial charge in [-0.05, 0) is 88.2 Å². The van der Waals surface area contributed by atoms with E-state index in [1.165, 1.54) is 77.7 Å². The monoisotopic (exact) mass is 574 g/mol. The Balaban J connectivity index is 1.09. The molecule has 6 aromatic carbocycles. The number of allylic oxidation sites excluding steroid dienone is 3. The lowest BCUT2D eigenvalue weighted by Crippen LogP contribution is -2.28. The second-order valence-corrected chi connectivity index (χ2v) is 12.4. The zero-order valence-corrected chi connectivity index (χ0v) is 24.8. The van der Waals surface area contributed by atoms with E-state index in [9.17, 15) is 0 Å². The highest BCUT2D eigenvalue weighted by atomic mass is 15.0. The third-order valence-corrected chi connectivity index (χ3v) is 10.3. The van der Waals surface area contributed by atoms with Crippen molar-refractivity contribution in [1.29, 1.82) is 0 Å². The average molecular weight is 575 g/mol. The van der Waals surface area contributed by atoms with E-state index in [4.69, 9.17) is 0 Å². The van der Waals surface area contributed by atoms with Crippen molar-refractivity contribution in [1.82, 2.24) is 4.57 Å². The van der Waals surface area contributed by atoms with Gasteiger partial charge in [0.2, 0.25) is 0 Å². The fourth-order valence-electron chi connectivity index (χ4n) is 8.64. The summed E-state index contributed by atoms with van der Waals surface area (Å²) in [4.78, 5) is 0. The van der Waals surface area contributed by atoms with Crippen molar-refractivity contribution in [2.75, 3.05) is 5.32 Å². The standard InChI is InChI=1S/C43H30N2/c1-6-17-35-30(12-1)31-13-2-7-18-36(31)43(35)37-19-8-3-16-34(37)42-38(43)20-11-21-39(42)44-28-24-26-29(27-25-28)45-40-22-9-4-14-32(40)33-15-5-10-23-41(33)45/h1-10,12-19,21-27,44H,11,20H2. The fourth-order valence-corrected chi connectivity index (χ4v) is 8.64. The number of rotatable bonds is 3. The molecule has 0 fully saturated rings. The van der Waals surface area contributed by atoms with Gasteiger partial charge in [0.15, 0.2) is 0 Å². The summed E-state index contributed by atoms with van der Waals surface area (Å²) in [7, 11) is 0. The van der Waals surface area contributed by atoms with Gasteiger partial charge >= 0.3 is 0 Å². The number of benzene rings is 6. The zero-order valence-electron chi connectivity index (χ0n) is 24.8. The maximum atomic E-state index is 3.89. The van der Waals surface area contributed by atoms with Gasteiger partial charge in [-0.2, -0.15) is 0 Å². The van der Waals surface area contributed by atoms with Crippen LogP contribution in [0.4, 0.5) is 5.69 Å². The van der Waals surface area contributed by atoms with Crippen LogP contribution in [0.3, 0.4) is 0 Å². The molecule has 7 aromatic rings. The van der Waals surface area contributed by atoms with E-state index < -0.39 is 0 Å². The van der Waals surface area contributed by atoms with Crippen LogP contribution in [-0.2, 0) is 5.41 Å². The Morgan fingerprint density at radius 1 is 0.511 bits per heavy atom. The number of anilines is 1. The van der Waals surface area contributed by atoms with Crippen LogP contribution in [0.1, 0.15) is 35.1 Å². The molecule has 3 aliphatic carbocycles. The second-order valence-electron chi connectivity index (χ2n) is 12.4. The summed E-state index contributed by atoms with van der Waals surface area (Å²) in [5, 5.41) is 6.46. The van der Waals surface area contributed by atoms with Gasteiger partial charge in [0.05, 0.1) is 16.4 Å². The molecule has 0 radical (unpaired) electrons. The molecule has 0 bridgehead atoms. The Morgan fingerprint density at radius 3 is 1.64 bits per heavy atom. The largest absolute Gasteiger partial charge is 0.355 e. The van der Waals surface area contributed by atoms with Gasteiger partial charge in [-0.15, -0.1) is 0 Å². The number of aromatic nitrogens is 1. The maximum Gasteiger partial charge on any atom is 0.0689 e. The molecule has 10 rings (SSSR count). The lowest BCUT2D eigenvalue weighted by Gasteiger charge is -2.33. The predicted molar refractivity (Wildman–Crippen MR) is 187 cm³/mol. The molecule has 0 saturated heterocycles. The quantitative estimate of drug-likeness (QED) is 0.222. The van der Waals surface area contributed by atoms with Crippen molar-refractivity contribution in [3.05, 3.63) is 185 Å². The van der Waals surface area contributed by atoms with Gasteiger partial charge in [0, 0.05) is 33.4 Å². The molecule has 0 amide bonds. The molecular formula is C43H30N2. The van der Waals surface area contributed by atoms with Gasteiger partial charge in [-0.3, -0.25) is 0 Å². The van der Waals surface area contributed by atoms with E-state index in [1.54, 1.807) is 0 Å². The van der Waals surface area contributed by atoms with Crippen LogP contribution in [0.25, 0.3) is 44.2 Å². The molecule has 2 heteroatoms. The Morgan fingerprint density at radius 2 is 1.02 bits per heavy atom. The zero-order chi connectivity index (χ0) is 29.5. The van der Waals surface area contributed by atoms with E-state index in [0.717, 1.165) is 18.5 Å². The summed E-state index contributed by atoms with van der Waals surface area (Å²) in [5.41, 5.74) is 16.9. The van der Waals surface area contributed by atoms with Crippen LogP contribution >= 0.6 is 0 Å². The second kappa shape index (κ2) is 9.20. The number of nitrogens with zero attached hydrogens (tertiary/aromatic N) is 1. The van der Waals surface area contributed by atoms with Gasteiger partial charge in [-0.1, -0.05) is 115 Å². The van der Waals surface area contributed by atoms with Crippen LogP contribution in [0, 0.1) is 0 Å². The van der Waals surface area contributed by atoms with Gasteiger partial charge < -0.3 is 9.88 Å². The van der Waals surface area contributed by atoms with E-state index in [1.807, 2.05) is 0 Å². The molecule has 1 aromatic heterocycles. The smallest absolute Gasteiger partial charge is 0.0689 e. The summed E-state index contributed by atoms with van der Waals surface area (Å²) < 4.78 is 2.38. The molecule has 0 atom stereocenters. The molecule has 1 heterocycles. The molecule has 212 valence electrons. The van der Waals surface area contributed by atoms with Gasteiger partial charge in [0.1, 0.15) is 0 Å². The first-order valence-corrected chi connectivity index (χ1v) is 15.9. The summed E-state index contributed by atoms with van der Waals surface area (Å²) in [6.45, 7) is 0. The number of hydrogen-bond donors (Lipinski definition) is 1. The first-order valence-electron chi connectivity index (χ1n) is 15.9. The fraction of sp³-hybridized carbons (Fsp3) is 0.0698. The van der Waals surface area contributed by atoms with Crippen LogP contribution in [0.2, 0.25) is 0 Å².